The standard InChI is InChI=1S/C24H23N5O3S/c1-31-20-14-17(9-10-19(20)32-15-16-7-3-2-4-8-16)13-18-21(25)29-23(26-22(18)30)33-24(27-29)28-11-5-6-12-28/h2-4,7-10,13-14,25H,5-6,11-12,15H2,1H3/b18-13-,25-21?. The lowest BCUT2D eigenvalue weighted by Gasteiger charge is -2.20. The number of nitrogens with zero attached hydrogens (tertiary/aromatic N) is 4. The molecule has 1 amide bonds. The van der Waals surface area contributed by atoms with Crippen molar-refractivity contribution in [2.45, 2.75) is 19.4 Å². The highest BCUT2D eigenvalue weighted by molar-refractivity contribution is 8.26. The Kier molecular flexibility index (Phi) is 5.87. The molecule has 0 spiro atoms. The van der Waals surface area contributed by atoms with Crippen molar-refractivity contribution in [3.05, 3.63) is 65.2 Å². The monoisotopic (exact) mass is 461 g/mol. The molecule has 168 valence electrons. The zero-order valence-corrected chi connectivity index (χ0v) is 19.0. The van der Waals surface area contributed by atoms with Crippen LogP contribution in [-0.4, -0.2) is 52.2 Å². The maximum absolute atomic E-state index is 12.7. The summed E-state index contributed by atoms with van der Waals surface area (Å²) in [6.07, 6.45) is 3.89. The molecule has 2 aromatic carbocycles. The Morgan fingerprint density at radius 1 is 1.09 bits per heavy atom. The van der Waals surface area contributed by atoms with Crippen molar-refractivity contribution < 1.29 is 14.3 Å². The molecule has 9 heteroatoms. The van der Waals surface area contributed by atoms with Gasteiger partial charge >= 0.3 is 0 Å². The van der Waals surface area contributed by atoms with Crippen molar-refractivity contribution >= 4 is 39.9 Å². The molecule has 1 fully saturated rings. The lowest BCUT2D eigenvalue weighted by Crippen LogP contribution is -2.35. The summed E-state index contributed by atoms with van der Waals surface area (Å²) in [5.41, 5.74) is 1.95. The molecule has 1 saturated heterocycles. The molecule has 0 atom stereocenters. The second-order valence-corrected chi connectivity index (χ2v) is 8.72. The first-order valence-electron chi connectivity index (χ1n) is 10.7. The van der Waals surface area contributed by atoms with Gasteiger partial charge in [0, 0.05) is 13.1 Å². The van der Waals surface area contributed by atoms with Crippen molar-refractivity contribution in [3.8, 4) is 11.5 Å². The van der Waals surface area contributed by atoms with Gasteiger partial charge < -0.3 is 14.4 Å². The van der Waals surface area contributed by atoms with E-state index in [-0.39, 0.29) is 11.4 Å². The van der Waals surface area contributed by atoms with Crippen LogP contribution in [0.5, 0.6) is 11.5 Å². The highest BCUT2D eigenvalue weighted by Crippen LogP contribution is 2.33. The molecular formula is C24H23N5O3S. The van der Waals surface area contributed by atoms with E-state index in [4.69, 9.17) is 14.9 Å². The lowest BCUT2D eigenvalue weighted by molar-refractivity contribution is -0.114. The minimum absolute atomic E-state index is 0.0232. The molecule has 0 saturated carbocycles. The van der Waals surface area contributed by atoms with Crippen LogP contribution in [0.15, 0.2) is 64.2 Å². The van der Waals surface area contributed by atoms with Crippen LogP contribution in [0.4, 0.5) is 0 Å². The molecule has 3 heterocycles. The van der Waals surface area contributed by atoms with Crippen LogP contribution in [0.2, 0.25) is 0 Å². The average molecular weight is 462 g/mol. The number of rotatable bonds is 5. The van der Waals surface area contributed by atoms with Gasteiger partial charge in [-0.1, -0.05) is 36.4 Å². The second-order valence-electron chi connectivity index (χ2n) is 7.78. The number of carbonyl (C=O) groups excluding carboxylic acids is 1. The number of amidine groups is 3. The van der Waals surface area contributed by atoms with E-state index in [0.717, 1.165) is 36.7 Å². The van der Waals surface area contributed by atoms with Gasteiger partial charge in [0.15, 0.2) is 22.5 Å². The molecule has 33 heavy (non-hydrogen) atoms. The normalized spacial score (nSPS) is 19.0. The fourth-order valence-electron chi connectivity index (χ4n) is 3.81. The largest absolute Gasteiger partial charge is 0.493 e. The number of fused-ring (bicyclic) bond motifs is 1. The van der Waals surface area contributed by atoms with Crippen LogP contribution in [-0.2, 0) is 11.4 Å². The Bertz CT molecular complexity index is 1190. The number of carbonyl (C=O) groups is 1. The van der Waals surface area contributed by atoms with Gasteiger partial charge in [0.1, 0.15) is 6.61 Å². The molecule has 3 aliphatic heterocycles. The fraction of sp³-hybridized carbons (Fsp3) is 0.250. The number of methoxy groups -OCH3 is 1. The van der Waals surface area contributed by atoms with E-state index >= 15 is 0 Å². The summed E-state index contributed by atoms with van der Waals surface area (Å²) in [5, 5.41) is 15.8. The van der Waals surface area contributed by atoms with Crippen LogP contribution in [0.25, 0.3) is 6.08 Å². The molecule has 0 aromatic heterocycles. The molecule has 0 radical (unpaired) electrons. The fourth-order valence-corrected chi connectivity index (χ4v) is 4.76. The van der Waals surface area contributed by atoms with Crippen molar-refractivity contribution in [1.29, 1.82) is 5.41 Å². The molecule has 3 aliphatic rings. The minimum atomic E-state index is -0.444. The Labute approximate surface area is 196 Å². The molecular weight excluding hydrogens is 438 g/mol. The highest BCUT2D eigenvalue weighted by Gasteiger charge is 2.37. The van der Waals surface area contributed by atoms with E-state index in [1.165, 1.54) is 16.8 Å². The first-order chi connectivity index (χ1) is 16.1. The van der Waals surface area contributed by atoms with E-state index in [9.17, 15) is 4.79 Å². The zero-order valence-electron chi connectivity index (χ0n) is 18.2. The Hall–Kier alpha value is -3.59. The van der Waals surface area contributed by atoms with Gasteiger partial charge in [0.2, 0.25) is 5.17 Å². The summed E-state index contributed by atoms with van der Waals surface area (Å²) in [5.74, 6) is 0.727. The van der Waals surface area contributed by atoms with Gasteiger partial charge in [-0.2, -0.15) is 10.0 Å². The molecule has 5 rings (SSSR count). The number of aliphatic imine (C=N–C) groups is 1. The van der Waals surface area contributed by atoms with Crippen LogP contribution < -0.4 is 9.47 Å². The zero-order chi connectivity index (χ0) is 22.8. The molecule has 0 unspecified atom stereocenters. The molecule has 1 N–H and O–H groups in total. The molecule has 0 bridgehead atoms. The molecule has 0 aliphatic carbocycles. The maximum Gasteiger partial charge on any atom is 0.283 e. The predicted octanol–water partition coefficient (Wildman–Crippen LogP) is 3.95. The van der Waals surface area contributed by atoms with E-state index in [1.807, 2.05) is 36.4 Å². The van der Waals surface area contributed by atoms with Gasteiger partial charge in [-0.05, 0) is 53.9 Å². The van der Waals surface area contributed by atoms with Crippen molar-refractivity contribution in [2.75, 3.05) is 20.2 Å². The number of hydrazone groups is 1. The van der Waals surface area contributed by atoms with Crippen LogP contribution >= 0.6 is 11.8 Å². The number of amides is 1. The predicted molar refractivity (Wildman–Crippen MR) is 130 cm³/mol. The quantitative estimate of drug-likeness (QED) is 0.678. The topological polar surface area (TPSA) is 90.6 Å². The van der Waals surface area contributed by atoms with E-state index in [0.29, 0.717) is 28.8 Å². The second kappa shape index (κ2) is 9.11. The van der Waals surface area contributed by atoms with Crippen LogP contribution in [0.3, 0.4) is 0 Å². The number of nitrogens with one attached hydrogen (secondary N) is 1. The Morgan fingerprint density at radius 3 is 2.64 bits per heavy atom. The van der Waals surface area contributed by atoms with Gasteiger partial charge in [0.05, 0.1) is 12.7 Å². The maximum atomic E-state index is 12.7. The van der Waals surface area contributed by atoms with Crippen molar-refractivity contribution in [1.82, 2.24) is 9.91 Å². The average Bonchev–Trinajstić information content (AvgIpc) is 3.51. The Morgan fingerprint density at radius 2 is 1.88 bits per heavy atom. The first kappa shape index (κ1) is 21.3. The van der Waals surface area contributed by atoms with Gasteiger partial charge in [0.25, 0.3) is 5.91 Å². The van der Waals surface area contributed by atoms with Crippen molar-refractivity contribution in [2.24, 2.45) is 10.1 Å². The smallest absolute Gasteiger partial charge is 0.283 e. The third-order valence-corrected chi connectivity index (χ3v) is 6.53. The number of ether oxygens (including phenoxy) is 2. The first-order valence-corrected chi connectivity index (χ1v) is 11.5. The third kappa shape index (κ3) is 4.36. The summed E-state index contributed by atoms with van der Waals surface area (Å²) in [6, 6.07) is 15.3. The number of thioether (sulfide) groups is 1. The number of likely N-dealkylation sites (tertiary alicyclic amines) is 1. The summed E-state index contributed by atoms with van der Waals surface area (Å²) < 4.78 is 11.4. The van der Waals surface area contributed by atoms with Gasteiger partial charge in [-0.25, -0.2) is 0 Å². The Balaban J connectivity index is 1.36. The van der Waals surface area contributed by atoms with Crippen LogP contribution in [0, 0.1) is 5.41 Å². The van der Waals surface area contributed by atoms with E-state index in [1.54, 1.807) is 25.3 Å². The summed E-state index contributed by atoms with van der Waals surface area (Å²) >= 11 is 1.35. The number of benzene rings is 2. The number of hydrogen-bond acceptors (Lipinski definition) is 7. The SMILES string of the molecule is COc1cc(/C=C2/C(=N)N3N=C(N4CCCC4)SC3=NC2=O)ccc1OCc1ccccc1. The van der Waals surface area contributed by atoms with E-state index < -0.39 is 5.91 Å². The highest BCUT2D eigenvalue weighted by atomic mass is 32.2. The summed E-state index contributed by atoms with van der Waals surface area (Å²) in [7, 11) is 1.57. The summed E-state index contributed by atoms with van der Waals surface area (Å²) in [6.45, 7) is 2.30. The van der Waals surface area contributed by atoms with Crippen LogP contribution in [0.1, 0.15) is 24.0 Å². The minimum Gasteiger partial charge on any atom is -0.493 e. The number of hydrogen-bond donors (Lipinski definition) is 1. The van der Waals surface area contributed by atoms with Crippen molar-refractivity contribution in [3.63, 3.8) is 0 Å². The molecule has 2 aromatic rings. The third-order valence-electron chi connectivity index (χ3n) is 5.56. The van der Waals surface area contributed by atoms with Gasteiger partial charge in [-0.15, -0.1) is 5.10 Å². The summed E-state index contributed by atoms with van der Waals surface area (Å²) in [4.78, 5) is 19.1. The lowest BCUT2D eigenvalue weighted by atomic mass is 10.1. The molecule has 8 nitrogen and oxygen atoms in total. The van der Waals surface area contributed by atoms with Gasteiger partial charge in [-0.3, -0.25) is 10.2 Å². The van der Waals surface area contributed by atoms with E-state index in [2.05, 4.69) is 15.0 Å².